The van der Waals surface area contributed by atoms with Crippen LogP contribution < -0.4 is 0 Å². The van der Waals surface area contributed by atoms with Gasteiger partial charge in [-0.25, -0.2) is 0 Å². The third-order valence-corrected chi connectivity index (χ3v) is 6.68. The Labute approximate surface area is 121 Å². The molecular formula is C18H32Si. The number of allylic oxidation sites excluding steroid dienone is 3. The van der Waals surface area contributed by atoms with Crippen LogP contribution >= 0.6 is 0 Å². The quantitative estimate of drug-likeness (QED) is 0.445. The van der Waals surface area contributed by atoms with Gasteiger partial charge in [-0.1, -0.05) is 57.3 Å². The highest BCUT2D eigenvalue weighted by Crippen LogP contribution is 2.49. The summed E-state index contributed by atoms with van der Waals surface area (Å²) >= 11 is 0. The van der Waals surface area contributed by atoms with Gasteiger partial charge < -0.3 is 0 Å². The van der Waals surface area contributed by atoms with E-state index in [4.69, 9.17) is 0 Å². The third-order valence-electron chi connectivity index (χ3n) is 5.16. The molecule has 2 aliphatic rings. The molecule has 0 heterocycles. The Morgan fingerprint density at radius 1 is 1.32 bits per heavy atom. The maximum Gasteiger partial charge on any atom is 0.0483 e. The summed E-state index contributed by atoms with van der Waals surface area (Å²) < 4.78 is 0. The maximum atomic E-state index is 4.37. The average molecular weight is 277 g/mol. The van der Waals surface area contributed by atoms with Crippen molar-refractivity contribution in [3.05, 3.63) is 23.8 Å². The summed E-state index contributed by atoms with van der Waals surface area (Å²) in [6.45, 7) is 16.7. The van der Waals surface area contributed by atoms with E-state index in [9.17, 15) is 0 Å². The van der Waals surface area contributed by atoms with Crippen LogP contribution in [0, 0.1) is 23.7 Å². The summed E-state index contributed by atoms with van der Waals surface area (Å²) in [7, 11) is -0.958. The second-order valence-electron chi connectivity index (χ2n) is 8.41. The molecule has 2 aliphatic carbocycles. The SMILES string of the molecule is C=C1CCC(C(C)C)C2CC(C[Si](C)(C)C)=CCC12. The molecule has 0 N–H and O–H groups in total. The van der Waals surface area contributed by atoms with Crippen LogP contribution in [0.2, 0.25) is 25.7 Å². The molecule has 0 aromatic heterocycles. The Morgan fingerprint density at radius 3 is 2.58 bits per heavy atom. The van der Waals surface area contributed by atoms with Crippen LogP contribution in [0.25, 0.3) is 0 Å². The van der Waals surface area contributed by atoms with Gasteiger partial charge in [0.05, 0.1) is 0 Å². The van der Waals surface area contributed by atoms with Gasteiger partial charge in [0, 0.05) is 8.07 Å². The molecular weight excluding hydrogens is 244 g/mol. The molecule has 0 radical (unpaired) electrons. The molecule has 3 unspecified atom stereocenters. The molecule has 2 rings (SSSR count). The van der Waals surface area contributed by atoms with Gasteiger partial charge in [0.1, 0.15) is 0 Å². The predicted octanol–water partition coefficient (Wildman–Crippen LogP) is 5.90. The molecule has 3 atom stereocenters. The van der Waals surface area contributed by atoms with Crippen LogP contribution in [-0.4, -0.2) is 8.07 Å². The lowest BCUT2D eigenvalue weighted by Crippen LogP contribution is -2.35. The minimum atomic E-state index is -0.958. The lowest BCUT2D eigenvalue weighted by Gasteiger charge is -2.44. The van der Waals surface area contributed by atoms with Crippen LogP contribution in [0.1, 0.15) is 39.5 Å². The van der Waals surface area contributed by atoms with Gasteiger partial charge in [-0.2, -0.15) is 0 Å². The minimum Gasteiger partial charge on any atom is -0.0996 e. The third kappa shape index (κ3) is 3.62. The predicted molar refractivity (Wildman–Crippen MR) is 89.2 cm³/mol. The lowest BCUT2D eigenvalue weighted by atomic mass is 9.61. The molecule has 19 heavy (non-hydrogen) atoms. The molecule has 1 heteroatoms. The molecule has 0 spiro atoms. The largest absolute Gasteiger partial charge is 0.0996 e. The molecule has 0 saturated heterocycles. The Kier molecular flexibility index (Phi) is 4.44. The maximum absolute atomic E-state index is 4.37. The minimum absolute atomic E-state index is 0.798. The molecule has 0 aromatic carbocycles. The summed E-state index contributed by atoms with van der Waals surface area (Å²) in [4.78, 5) is 0. The second kappa shape index (κ2) is 5.59. The van der Waals surface area contributed by atoms with E-state index in [2.05, 4.69) is 46.1 Å². The Morgan fingerprint density at radius 2 is 2.00 bits per heavy atom. The monoisotopic (exact) mass is 276 g/mol. The van der Waals surface area contributed by atoms with E-state index in [0.717, 1.165) is 23.7 Å². The number of hydrogen-bond donors (Lipinski definition) is 0. The average Bonchev–Trinajstić information content (AvgIpc) is 2.26. The van der Waals surface area contributed by atoms with Crippen molar-refractivity contribution < 1.29 is 0 Å². The summed E-state index contributed by atoms with van der Waals surface area (Å²) in [5.74, 6) is 3.47. The first-order valence-electron chi connectivity index (χ1n) is 8.13. The van der Waals surface area contributed by atoms with Crippen molar-refractivity contribution in [2.45, 2.75) is 65.2 Å². The smallest absolute Gasteiger partial charge is 0.0483 e. The van der Waals surface area contributed by atoms with Crippen LogP contribution in [-0.2, 0) is 0 Å². The van der Waals surface area contributed by atoms with Crippen molar-refractivity contribution in [1.82, 2.24) is 0 Å². The van der Waals surface area contributed by atoms with Crippen LogP contribution in [0.15, 0.2) is 23.8 Å². The van der Waals surface area contributed by atoms with E-state index in [1.807, 2.05) is 0 Å². The highest BCUT2D eigenvalue weighted by Gasteiger charge is 2.38. The first kappa shape index (κ1) is 15.1. The Balaban J connectivity index is 2.14. The number of hydrogen-bond acceptors (Lipinski definition) is 0. The number of fused-ring (bicyclic) bond motifs is 1. The standard InChI is InChI=1S/C18H32Si/c1-13(2)16-9-7-14(3)17-10-8-15(11-18(16)17)12-19(4,5)6/h8,13,16-18H,3,7,9-12H2,1-2,4-6H3. The van der Waals surface area contributed by atoms with E-state index in [0.29, 0.717) is 0 Å². The number of rotatable bonds is 3. The van der Waals surface area contributed by atoms with E-state index in [1.165, 1.54) is 31.7 Å². The normalized spacial score (nSPS) is 32.2. The van der Waals surface area contributed by atoms with Crippen molar-refractivity contribution in [3.63, 3.8) is 0 Å². The van der Waals surface area contributed by atoms with Gasteiger partial charge in [-0.3, -0.25) is 0 Å². The zero-order valence-corrected chi connectivity index (χ0v) is 14.6. The van der Waals surface area contributed by atoms with E-state index in [1.54, 1.807) is 11.1 Å². The van der Waals surface area contributed by atoms with Crippen LogP contribution in [0.5, 0.6) is 0 Å². The fourth-order valence-corrected chi connectivity index (χ4v) is 5.97. The fourth-order valence-electron chi connectivity index (χ4n) is 4.32. The van der Waals surface area contributed by atoms with E-state index >= 15 is 0 Å². The van der Waals surface area contributed by atoms with Gasteiger partial charge in [0.2, 0.25) is 0 Å². The molecule has 0 bridgehead atoms. The Bertz CT molecular complexity index is 370. The topological polar surface area (TPSA) is 0 Å². The summed E-state index contributed by atoms with van der Waals surface area (Å²) in [6.07, 6.45) is 7.90. The molecule has 0 nitrogen and oxygen atoms in total. The van der Waals surface area contributed by atoms with Crippen molar-refractivity contribution in [1.29, 1.82) is 0 Å². The molecule has 0 amide bonds. The first-order valence-corrected chi connectivity index (χ1v) is 11.8. The van der Waals surface area contributed by atoms with E-state index < -0.39 is 8.07 Å². The fraction of sp³-hybridized carbons (Fsp3) is 0.778. The highest BCUT2D eigenvalue weighted by atomic mass is 28.3. The summed E-state index contributed by atoms with van der Waals surface area (Å²) in [5, 5.41) is 0. The Hall–Kier alpha value is -0.303. The van der Waals surface area contributed by atoms with Crippen LogP contribution in [0.3, 0.4) is 0 Å². The van der Waals surface area contributed by atoms with Gasteiger partial charge in [0.15, 0.2) is 0 Å². The molecule has 0 aromatic rings. The van der Waals surface area contributed by atoms with Crippen molar-refractivity contribution >= 4 is 8.07 Å². The van der Waals surface area contributed by atoms with Crippen molar-refractivity contribution in [2.24, 2.45) is 23.7 Å². The zero-order chi connectivity index (χ0) is 14.2. The lowest BCUT2D eigenvalue weighted by molar-refractivity contribution is 0.146. The molecule has 1 saturated carbocycles. The van der Waals surface area contributed by atoms with E-state index in [-0.39, 0.29) is 0 Å². The molecule has 1 fully saturated rings. The van der Waals surface area contributed by atoms with Gasteiger partial charge in [-0.15, -0.1) is 0 Å². The van der Waals surface area contributed by atoms with Gasteiger partial charge >= 0.3 is 0 Å². The van der Waals surface area contributed by atoms with Crippen molar-refractivity contribution in [2.75, 3.05) is 0 Å². The molecule has 0 aliphatic heterocycles. The van der Waals surface area contributed by atoms with Gasteiger partial charge in [0.25, 0.3) is 0 Å². The summed E-state index contributed by atoms with van der Waals surface area (Å²) in [6, 6.07) is 1.41. The zero-order valence-electron chi connectivity index (χ0n) is 13.6. The second-order valence-corrected chi connectivity index (χ2v) is 13.9. The highest BCUT2D eigenvalue weighted by molar-refractivity contribution is 6.76. The first-order chi connectivity index (χ1) is 8.78. The van der Waals surface area contributed by atoms with Crippen molar-refractivity contribution in [3.8, 4) is 0 Å². The summed E-state index contributed by atoms with van der Waals surface area (Å²) in [5.41, 5.74) is 3.32. The van der Waals surface area contributed by atoms with Gasteiger partial charge in [-0.05, 0) is 55.4 Å². The molecule has 108 valence electrons. The van der Waals surface area contributed by atoms with Crippen LogP contribution in [0.4, 0.5) is 0 Å².